The summed E-state index contributed by atoms with van der Waals surface area (Å²) in [5.41, 5.74) is 11.1. The van der Waals surface area contributed by atoms with E-state index in [-0.39, 0.29) is 22.5 Å². The van der Waals surface area contributed by atoms with Gasteiger partial charge in [0.2, 0.25) is 11.1 Å². The van der Waals surface area contributed by atoms with E-state index >= 15 is 0 Å². The maximum atomic E-state index is 11.1. The molecule has 12 aromatic rings. The lowest BCUT2D eigenvalue weighted by molar-refractivity contribution is -0.385. The molecule has 0 fully saturated rings. The van der Waals surface area contributed by atoms with Crippen molar-refractivity contribution in [2.24, 2.45) is 0 Å². The summed E-state index contributed by atoms with van der Waals surface area (Å²) >= 11 is 10.4. The predicted octanol–water partition coefficient (Wildman–Crippen LogP) is 14.3. The van der Waals surface area contributed by atoms with Crippen molar-refractivity contribution >= 4 is 140 Å². The Hall–Kier alpha value is -11.4. The first kappa shape index (κ1) is 64.2. The van der Waals surface area contributed by atoms with Crippen molar-refractivity contribution < 1.29 is 19.4 Å². The van der Waals surface area contributed by atoms with Crippen molar-refractivity contribution in [1.29, 1.82) is 0 Å². The summed E-state index contributed by atoms with van der Waals surface area (Å²) in [4.78, 5) is 46.2. The number of halogens is 2. The van der Waals surface area contributed by atoms with Crippen LogP contribution in [0, 0.1) is 20.2 Å². The topological polar surface area (TPSA) is 283 Å². The zero-order valence-corrected chi connectivity index (χ0v) is 49.9. The minimum atomic E-state index is -0.417. The number of nitrogens with two attached hydrogens (primary N) is 1. The van der Waals surface area contributed by atoms with Crippen LogP contribution in [-0.2, 0) is 9.59 Å². The highest BCUT2D eigenvalue weighted by atomic mass is 35.5. The van der Waals surface area contributed by atoms with Gasteiger partial charge in [0.25, 0.3) is 11.4 Å². The largest absolute Gasteiger partial charge is 0.399 e. The lowest BCUT2D eigenvalue weighted by Crippen LogP contribution is -2.12. The number of benzene rings is 8. The normalized spacial score (nSPS) is 10.1. The minimum absolute atomic E-state index is 0.0659. The zero-order chi connectivity index (χ0) is 63.1. The molecular weight excluding hydrogens is 1160 g/mol. The Morgan fingerprint density at radius 2 is 0.750 bits per heavy atom. The highest BCUT2D eigenvalue weighted by molar-refractivity contribution is 6.62. The Bertz CT molecular complexity index is 4280. The average Bonchev–Trinajstić information content (AvgIpc) is 2.45. The quantitative estimate of drug-likeness (QED) is 0.0496. The average molecular weight is 1220 g/mol. The number of nitrogens with one attached hydrogen (secondary N) is 2. The fourth-order valence-corrected chi connectivity index (χ4v) is 8.57. The van der Waals surface area contributed by atoms with E-state index in [1.165, 1.54) is 38.1 Å². The maximum absolute atomic E-state index is 11.1. The van der Waals surface area contributed by atoms with Crippen LogP contribution >= 0.6 is 23.2 Å². The van der Waals surface area contributed by atoms with Crippen LogP contribution in [0.4, 0.5) is 63.0 Å². The Labute approximate surface area is 515 Å². The highest BCUT2D eigenvalue weighted by Gasteiger charge is 2.14. The molecule has 22 nitrogen and oxygen atoms in total. The molecule has 0 aliphatic rings. The summed E-state index contributed by atoms with van der Waals surface area (Å²) in [5.74, 6) is 2.26. The SMILES string of the molecule is CC(=O)Cl.CC(=O)Nc1ccc(N(C)c2nncc3ccccc23)cc1.CN(c1ccc(N)cc1)c1nncc2ccccc12.CN(c1ccc([N+](=O)[O-])cc1)c1nncc2ccccc12.CNc1ccc([N+](=O)[O-])cc1.Clc1nncc2ccccc12. The number of amides is 1. The van der Waals surface area contributed by atoms with E-state index in [0.29, 0.717) is 11.0 Å². The van der Waals surface area contributed by atoms with Crippen LogP contribution in [0.15, 0.2) is 219 Å². The molecule has 24 heteroatoms. The number of nitrogen functional groups attached to an aromatic ring is 1. The molecule has 0 bridgehead atoms. The standard InChI is InChI=1S/C17H16N4O.C15H12N4O2.C15H14N4.C8H5ClN2.C7H8N2O2.C2H3ClO/c1-12(22)19-14-7-9-15(10-8-14)21(2)17-16-6-4-3-5-13(16)11-18-20-17;1-18(12-6-8-13(9-7-12)19(20)21)15-14-5-3-2-4-11(14)10-16-17-15;1-19(13-8-6-12(16)7-9-13)15-14-5-3-2-4-11(14)10-17-18-15;9-8-7-4-2-1-3-6(7)5-10-11-8;1-8-6-2-4-7(5-3-6)9(10)11;1-2(3)4/h3-11H,1-2H3,(H,19,22);2-10H,1H3;2-10H,16H2,1H3;1-5H;2-5,8H,1H3;1H3. The number of nitro groups is 2. The van der Waals surface area contributed by atoms with Crippen LogP contribution in [0.3, 0.4) is 0 Å². The predicted molar refractivity (Wildman–Crippen MR) is 351 cm³/mol. The van der Waals surface area contributed by atoms with Crippen molar-refractivity contribution in [3.05, 3.63) is 244 Å². The third-order valence-electron chi connectivity index (χ3n) is 12.8. The van der Waals surface area contributed by atoms with Gasteiger partial charge in [-0.3, -0.25) is 29.8 Å². The Morgan fingerprint density at radius 3 is 1.09 bits per heavy atom. The number of carbonyl (C=O) groups excluding carboxylic acids is 2. The summed E-state index contributed by atoms with van der Waals surface area (Å²) in [7, 11) is 7.55. The molecular formula is C64H58Cl2N16O6. The molecule has 4 heterocycles. The summed E-state index contributed by atoms with van der Waals surface area (Å²) < 4.78 is 0. The molecule has 4 aromatic heterocycles. The number of rotatable bonds is 10. The second-order valence-corrected chi connectivity index (χ2v) is 19.7. The molecule has 88 heavy (non-hydrogen) atoms. The van der Waals surface area contributed by atoms with E-state index in [1.807, 2.05) is 181 Å². The van der Waals surface area contributed by atoms with Crippen molar-refractivity contribution in [3.8, 4) is 0 Å². The molecule has 0 spiro atoms. The summed E-state index contributed by atoms with van der Waals surface area (Å²) in [6.07, 6.45) is 6.94. The number of hydrogen-bond acceptors (Lipinski definition) is 19. The smallest absolute Gasteiger partial charge is 0.269 e. The third-order valence-corrected chi connectivity index (χ3v) is 13.1. The molecule has 0 aliphatic carbocycles. The number of nitrogens with zero attached hydrogens (tertiary/aromatic N) is 13. The molecule has 8 aromatic carbocycles. The fraction of sp³-hybridized carbons (Fsp3) is 0.0938. The molecule has 444 valence electrons. The zero-order valence-electron chi connectivity index (χ0n) is 48.4. The van der Waals surface area contributed by atoms with Crippen molar-refractivity contribution in [1.82, 2.24) is 40.8 Å². The maximum Gasteiger partial charge on any atom is 0.269 e. The number of carbonyl (C=O) groups is 2. The van der Waals surface area contributed by atoms with Crippen molar-refractivity contribution in [3.63, 3.8) is 0 Å². The van der Waals surface area contributed by atoms with Gasteiger partial charge < -0.3 is 31.1 Å². The van der Waals surface area contributed by atoms with Crippen LogP contribution in [0.25, 0.3) is 43.1 Å². The summed E-state index contributed by atoms with van der Waals surface area (Å²) in [6, 6.07) is 59.6. The van der Waals surface area contributed by atoms with Gasteiger partial charge in [0.15, 0.2) is 22.6 Å². The number of hydrogen-bond donors (Lipinski definition) is 3. The molecule has 0 saturated carbocycles. The van der Waals surface area contributed by atoms with E-state index in [4.69, 9.17) is 17.3 Å². The Balaban J connectivity index is 0.000000158. The molecule has 1 amide bonds. The molecule has 0 radical (unpaired) electrons. The van der Waals surface area contributed by atoms with E-state index in [2.05, 4.69) is 63.0 Å². The lowest BCUT2D eigenvalue weighted by Gasteiger charge is -2.19. The van der Waals surface area contributed by atoms with E-state index in [9.17, 15) is 29.8 Å². The molecule has 12 rings (SSSR count). The van der Waals surface area contributed by atoms with Gasteiger partial charge in [0.05, 0.1) is 34.6 Å². The monoisotopic (exact) mass is 1220 g/mol. The number of anilines is 9. The number of non-ortho nitro benzene ring substituents is 2. The lowest BCUT2D eigenvalue weighted by atomic mass is 10.2. The number of fused-ring (bicyclic) bond motifs is 4. The molecule has 0 atom stereocenters. The minimum Gasteiger partial charge on any atom is -0.399 e. The first-order chi connectivity index (χ1) is 42.4. The van der Waals surface area contributed by atoms with Gasteiger partial charge in [-0.25, -0.2) is 0 Å². The van der Waals surface area contributed by atoms with Crippen molar-refractivity contribution in [2.45, 2.75) is 13.8 Å². The Kier molecular flexibility index (Phi) is 23.0. The summed E-state index contributed by atoms with van der Waals surface area (Å²) in [5, 5.41) is 67.1. The third kappa shape index (κ3) is 17.8. The van der Waals surface area contributed by atoms with Crippen LogP contribution in [-0.4, -0.2) is 90.0 Å². The van der Waals surface area contributed by atoms with Crippen LogP contribution in [0.1, 0.15) is 13.8 Å². The van der Waals surface area contributed by atoms with E-state index < -0.39 is 9.85 Å². The molecule has 0 saturated heterocycles. The molecule has 0 aliphatic heterocycles. The number of aromatic nitrogens is 8. The van der Waals surface area contributed by atoms with Gasteiger partial charge in [0, 0.05) is 144 Å². The highest BCUT2D eigenvalue weighted by Crippen LogP contribution is 2.32. The number of nitro benzene ring substituents is 2. The van der Waals surface area contributed by atoms with Gasteiger partial charge in [-0.2, -0.15) is 20.4 Å². The van der Waals surface area contributed by atoms with Gasteiger partial charge in [-0.15, -0.1) is 20.4 Å². The summed E-state index contributed by atoms with van der Waals surface area (Å²) in [6.45, 7) is 2.79. The van der Waals surface area contributed by atoms with Crippen LogP contribution in [0.2, 0.25) is 5.15 Å². The van der Waals surface area contributed by atoms with E-state index in [0.717, 1.165) is 88.8 Å². The van der Waals surface area contributed by atoms with Crippen molar-refractivity contribution in [2.75, 3.05) is 59.3 Å². The van der Waals surface area contributed by atoms with Gasteiger partial charge in [-0.1, -0.05) is 109 Å². The molecule has 4 N–H and O–H groups in total. The second kappa shape index (κ2) is 31.5. The first-order valence-electron chi connectivity index (χ1n) is 26.7. The second-order valence-electron chi connectivity index (χ2n) is 18.8. The fourth-order valence-electron chi connectivity index (χ4n) is 8.36. The van der Waals surface area contributed by atoms with Crippen LogP contribution < -0.4 is 31.1 Å². The van der Waals surface area contributed by atoms with Gasteiger partial charge in [0.1, 0.15) is 0 Å². The van der Waals surface area contributed by atoms with Gasteiger partial charge in [-0.05, 0) is 84.4 Å². The Morgan fingerprint density at radius 1 is 0.455 bits per heavy atom. The first-order valence-corrected chi connectivity index (χ1v) is 27.4. The van der Waals surface area contributed by atoms with Gasteiger partial charge >= 0.3 is 0 Å². The van der Waals surface area contributed by atoms with Crippen LogP contribution in [0.5, 0.6) is 0 Å². The van der Waals surface area contributed by atoms with E-state index in [1.54, 1.807) is 56.1 Å². The molecule has 0 unspecified atom stereocenters.